The monoisotopic (exact) mass is 201 g/mol. The minimum atomic E-state index is -3.23. The first-order valence-electron chi connectivity index (χ1n) is 4.09. The predicted octanol–water partition coefficient (Wildman–Crippen LogP) is 0.0960. The minimum absolute atomic E-state index is 0.0643. The maximum absolute atomic E-state index is 11.2. The standard InChI is InChI=1S/C7H11N3O2S/c1-10-7(13(2,11)12)8-6(9-10)5-3-4-5/h5H,3-4H2,1-2H3. The Kier molecular flexibility index (Phi) is 1.69. The molecule has 6 heteroatoms. The Morgan fingerprint density at radius 1 is 1.46 bits per heavy atom. The van der Waals surface area contributed by atoms with Crippen LogP contribution in [0.15, 0.2) is 5.16 Å². The summed E-state index contributed by atoms with van der Waals surface area (Å²) < 4.78 is 23.7. The van der Waals surface area contributed by atoms with Crippen molar-refractivity contribution in [2.45, 2.75) is 23.9 Å². The molecule has 0 bridgehead atoms. The summed E-state index contributed by atoms with van der Waals surface area (Å²) in [7, 11) is -1.62. The molecular formula is C7H11N3O2S. The molecule has 5 nitrogen and oxygen atoms in total. The Bertz CT molecular complexity index is 431. The van der Waals surface area contributed by atoms with Crippen LogP contribution in [0.25, 0.3) is 0 Å². The smallest absolute Gasteiger partial charge is 0.239 e. The van der Waals surface area contributed by atoms with Crippen LogP contribution in [0, 0.1) is 0 Å². The van der Waals surface area contributed by atoms with Gasteiger partial charge >= 0.3 is 0 Å². The van der Waals surface area contributed by atoms with Crippen LogP contribution >= 0.6 is 0 Å². The molecule has 1 aromatic rings. The molecule has 0 atom stereocenters. The normalized spacial score (nSPS) is 17.7. The first-order chi connectivity index (χ1) is 5.98. The van der Waals surface area contributed by atoms with Crippen molar-refractivity contribution in [1.82, 2.24) is 14.8 Å². The minimum Gasteiger partial charge on any atom is -0.239 e. The summed E-state index contributed by atoms with van der Waals surface area (Å²) in [6, 6.07) is 0. The summed E-state index contributed by atoms with van der Waals surface area (Å²) in [5, 5.41) is 4.13. The zero-order valence-electron chi connectivity index (χ0n) is 7.56. The highest BCUT2D eigenvalue weighted by atomic mass is 32.2. The van der Waals surface area contributed by atoms with Crippen LogP contribution < -0.4 is 0 Å². The van der Waals surface area contributed by atoms with E-state index in [4.69, 9.17) is 0 Å². The molecule has 72 valence electrons. The summed E-state index contributed by atoms with van der Waals surface area (Å²) in [5.74, 6) is 1.06. The van der Waals surface area contributed by atoms with Crippen LogP contribution in [0.2, 0.25) is 0 Å². The first-order valence-corrected chi connectivity index (χ1v) is 5.98. The molecule has 1 heterocycles. The number of aryl methyl sites for hydroxylation is 1. The molecule has 1 aliphatic carbocycles. The molecule has 1 saturated carbocycles. The Balaban J connectivity index is 2.47. The van der Waals surface area contributed by atoms with E-state index in [9.17, 15) is 8.42 Å². The topological polar surface area (TPSA) is 64.8 Å². The second kappa shape index (κ2) is 2.54. The summed E-state index contributed by atoms with van der Waals surface area (Å²) in [6.45, 7) is 0. The van der Waals surface area contributed by atoms with E-state index in [0.29, 0.717) is 11.7 Å². The van der Waals surface area contributed by atoms with Gasteiger partial charge < -0.3 is 0 Å². The van der Waals surface area contributed by atoms with Gasteiger partial charge in [0.25, 0.3) is 0 Å². The van der Waals surface area contributed by atoms with Crippen molar-refractivity contribution in [3.8, 4) is 0 Å². The van der Waals surface area contributed by atoms with E-state index >= 15 is 0 Å². The molecule has 0 aromatic carbocycles. The van der Waals surface area contributed by atoms with Gasteiger partial charge in [-0.15, -0.1) is 0 Å². The second-order valence-electron chi connectivity index (χ2n) is 3.42. The molecule has 1 aliphatic rings. The predicted molar refractivity (Wildman–Crippen MR) is 46.1 cm³/mol. The molecule has 0 N–H and O–H groups in total. The molecular weight excluding hydrogens is 190 g/mol. The van der Waals surface area contributed by atoms with Crippen molar-refractivity contribution in [2.75, 3.05) is 6.26 Å². The lowest BCUT2D eigenvalue weighted by atomic mass is 10.4. The van der Waals surface area contributed by atoms with Crippen LogP contribution in [-0.2, 0) is 16.9 Å². The second-order valence-corrected chi connectivity index (χ2v) is 5.33. The van der Waals surface area contributed by atoms with Crippen molar-refractivity contribution >= 4 is 9.84 Å². The first kappa shape index (κ1) is 8.68. The SMILES string of the molecule is Cn1nc(C2CC2)nc1S(C)(=O)=O. The Hall–Kier alpha value is -0.910. The van der Waals surface area contributed by atoms with Crippen molar-refractivity contribution in [2.24, 2.45) is 7.05 Å². The van der Waals surface area contributed by atoms with Gasteiger partial charge in [-0.1, -0.05) is 0 Å². The molecule has 0 radical (unpaired) electrons. The van der Waals surface area contributed by atoms with Gasteiger partial charge in [-0.3, -0.25) is 0 Å². The van der Waals surface area contributed by atoms with E-state index in [1.807, 2.05) is 0 Å². The molecule has 0 saturated heterocycles. The highest BCUT2D eigenvalue weighted by Gasteiger charge is 2.30. The van der Waals surface area contributed by atoms with Gasteiger partial charge in [0.1, 0.15) is 0 Å². The maximum Gasteiger partial charge on any atom is 0.245 e. The third-order valence-electron chi connectivity index (χ3n) is 2.01. The highest BCUT2D eigenvalue weighted by molar-refractivity contribution is 7.90. The maximum atomic E-state index is 11.2. The van der Waals surface area contributed by atoms with Crippen LogP contribution in [0.3, 0.4) is 0 Å². The molecule has 0 aliphatic heterocycles. The number of nitrogens with zero attached hydrogens (tertiary/aromatic N) is 3. The Labute approximate surface area is 76.7 Å². The van der Waals surface area contributed by atoms with E-state index < -0.39 is 9.84 Å². The van der Waals surface area contributed by atoms with E-state index in [2.05, 4.69) is 10.1 Å². The van der Waals surface area contributed by atoms with Gasteiger partial charge in [0.05, 0.1) is 0 Å². The van der Waals surface area contributed by atoms with E-state index in [1.54, 1.807) is 7.05 Å². The fraction of sp³-hybridized carbons (Fsp3) is 0.714. The number of rotatable bonds is 2. The van der Waals surface area contributed by atoms with E-state index in [1.165, 1.54) is 4.68 Å². The Morgan fingerprint density at radius 2 is 2.08 bits per heavy atom. The number of aromatic nitrogens is 3. The number of sulfone groups is 1. The van der Waals surface area contributed by atoms with Crippen LogP contribution in [0.5, 0.6) is 0 Å². The van der Waals surface area contributed by atoms with Gasteiger partial charge in [-0.25, -0.2) is 18.1 Å². The third-order valence-corrected chi connectivity index (χ3v) is 3.03. The summed E-state index contributed by atoms with van der Waals surface area (Å²) in [6.07, 6.45) is 3.30. The fourth-order valence-corrected chi connectivity index (χ4v) is 2.01. The highest BCUT2D eigenvalue weighted by Crippen LogP contribution is 2.38. The molecule has 1 aromatic heterocycles. The zero-order chi connectivity index (χ0) is 9.64. The molecule has 0 amide bonds. The Morgan fingerprint density at radius 3 is 2.46 bits per heavy atom. The van der Waals surface area contributed by atoms with Crippen LogP contribution in [0.1, 0.15) is 24.6 Å². The van der Waals surface area contributed by atoms with E-state index in [-0.39, 0.29) is 5.16 Å². The summed E-state index contributed by atoms with van der Waals surface area (Å²) >= 11 is 0. The molecule has 2 rings (SSSR count). The summed E-state index contributed by atoms with van der Waals surface area (Å²) in [5.41, 5.74) is 0. The van der Waals surface area contributed by atoms with Crippen molar-refractivity contribution in [1.29, 1.82) is 0 Å². The van der Waals surface area contributed by atoms with Gasteiger partial charge in [0.2, 0.25) is 15.0 Å². The van der Waals surface area contributed by atoms with E-state index in [0.717, 1.165) is 19.1 Å². The fourth-order valence-electron chi connectivity index (χ4n) is 1.23. The number of hydrogen-bond donors (Lipinski definition) is 0. The molecule has 0 spiro atoms. The molecule has 13 heavy (non-hydrogen) atoms. The van der Waals surface area contributed by atoms with Crippen LogP contribution in [-0.4, -0.2) is 29.4 Å². The average molecular weight is 201 g/mol. The molecule has 0 unspecified atom stereocenters. The molecule has 1 fully saturated rings. The van der Waals surface area contributed by atoms with Gasteiger partial charge in [0.15, 0.2) is 5.82 Å². The van der Waals surface area contributed by atoms with Crippen molar-refractivity contribution in [3.63, 3.8) is 0 Å². The van der Waals surface area contributed by atoms with Crippen LogP contribution in [0.4, 0.5) is 0 Å². The van der Waals surface area contributed by atoms with Gasteiger partial charge in [-0.2, -0.15) is 5.10 Å². The quantitative estimate of drug-likeness (QED) is 0.680. The average Bonchev–Trinajstić information content (AvgIpc) is 2.73. The van der Waals surface area contributed by atoms with Gasteiger partial charge in [0, 0.05) is 19.2 Å². The largest absolute Gasteiger partial charge is 0.245 e. The lowest BCUT2D eigenvalue weighted by molar-refractivity contribution is 0.575. The lowest BCUT2D eigenvalue weighted by Crippen LogP contribution is -2.06. The number of hydrogen-bond acceptors (Lipinski definition) is 4. The van der Waals surface area contributed by atoms with Crippen molar-refractivity contribution in [3.05, 3.63) is 5.82 Å². The lowest BCUT2D eigenvalue weighted by Gasteiger charge is -1.93. The third kappa shape index (κ3) is 1.58. The summed E-state index contributed by atoms with van der Waals surface area (Å²) in [4.78, 5) is 4.01. The van der Waals surface area contributed by atoms with Crippen molar-refractivity contribution < 1.29 is 8.42 Å². The van der Waals surface area contributed by atoms with Gasteiger partial charge in [-0.05, 0) is 12.8 Å². The zero-order valence-corrected chi connectivity index (χ0v) is 8.37.